The molecule has 0 aromatic rings. The molecule has 0 spiro atoms. The van der Waals surface area contributed by atoms with Gasteiger partial charge in [0.25, 0.3) is 0 Å². The van der Waals surface area contributed by atoms with Crippen LogP contribution >= 0.6 is 0 Å². The Morgan fingerprint density at radius 2 is 0.800 bits per heavy atom. The molecule has 0 heterocycles. The maximum atomic E-state index is 2.00. The van der Waals surface area contributed by atoms with E-state index in [4.69, 9.17) is 0 Å². The predicted octanol–water partition coefficient (Wildman–Crippen LogP) is 1.46. The van der Waals surface area contributed by atoms with Gasteiger partial charge >= 0.3 is 81.4 Å². The minimum absolute atomic E-state index is 2.00. The van der Waals surface area contributed by atoms with Crippen LogP contribution in [0.3, 0.4) is 0 Å². The van der Waals surface area contributed by atoms with Gasteiger partial charge < -0.3 is 0 Å². The van der Waals surface area contributed by atoms with Gasteiger partial charge in [-0.05, 0) is 0 Å². The van der Waals surface area contributed by atoms with E-state index in [9.17, 15) is 0 Å². The van der Waals surface area contributed by atoms with Crippen LogP contribution in [0.2, 0.25) is 0 Å². The molecule has 0 radical (unpaired) electrons. The molecule has 0 saturated heterocycles. The summed E-state index contributed by atoms with van der Waals surface area (Å²) in [5, 5.41) is 0. The number of allylic oxidation sites excluding steroid dienone is 6. The Morgan fingerprint density at radius 1 is 0.500 bits per heavy atom. The second-order valence-corrected chi connectivity index (χ2v) is 1.82. The van der Waals surface area contributed by atoms with E-state index in [1.54, 1.807) is 0 Å². The first kappa shape index (κ1) is 10.2. The first-order valence-corrected chi connectivity index (χ1v) is 3.49. The average molecular weight is 118 g/mol. The first-order valence-electron chi connectivity index (χ1n) is 3.49. The van der Waals surface area contributed by atoms with Crippen molar-refractivity contribution in [3.8, 4) is 0 Å². The molecule has 42 valence electrons. The summed E-state index contributed by atoms with van der Waals surface area (Å²) in [6, 6.07) is 0. The molecule has 2 heteroatoms. The zero-order valence-corrected chi connectivity index (χ0v) is 6.62. The topological polar surface area (TPSA) is 0 Å². The van der Waals surface area contributed by atoms with Gasteiger partial charge in [-0.15, -0.1) is 0 Å². The molecule has 0 saturated carbocycles. The third kappa shape index (κ3) is 8.15. The standard InChI is InChI=1S/C8H8.2Li/c1-3-5-7-8-6-4-2;;/h1-8H;;. The van der Waals surface area contributed by atoms with Crippen molar-refractivity contribution < 1.29 is 0 Å². The average Bonchev–Trinajstić information content (AvgIpc) is 1.97. The normalized spacial score (nSPS) is 13.6. The van der Waals surface area contributed by atoms with Crippen LogP contribution in [0.5, 0.6) is 0 Å². The van der Waals surface area contributed by atoms with Crippen molar-refractivity contribution in [3.63, 3.8) is 0 Å². The van der Waals surface area contributed by atoms with E-state index in [2.05, 4.69) is 0 Å². The molecule has 0 aliphatic rings. The fourth-order valence-corrected chi connectivity index (χ4v) is 0.479. The summed E-state index contributed by atoms with van der Waals surface area (Å²) in [5.74, 6) is 0. The van der Waals surface area contributed by atoms with E-state index in [-0.39, 0.29) is 0 Å². The summed E-state index contributed by atoms with van der Waals surface area (Å²) < 4.78 is 4.00. The van der Waals surface area contributed by atoms with Crippen molar-refractivity contribution in [2.75, 3.05) is 0 Å². The van der Waals surface area contributed by atoms with E-state index >= 15 is 0 Å². The van der Waals surface area contributed by atoms with Crippen molar-refractivity contribution in [1.82, 2.24) is 0 Å². The maximum absolute atomic E-state index is 2.00. The number of rotatable bonds is 3. The van der Waals surface area contributed by atoms with Gasteiger partial charge in [-0.25, -0.2) is 0 Å². The van der Waals surface area contributed by atoms with Crippen LogP contribution in [-0.4, -0.2) is 35.4 Å². The Kier molecular flexibility index (Phi) is 9.30. The van der Waals surface area contributed by atoms with Gasteiger partial charge in [-0.3, -0.25) is 0 Å². The van der Waals surface area contributed by atoms with E-state index in [0.717, 1.165) is 0 Å². The van der Waals surface area contributed by atoms with Gasteiger partial charge in [-0.2, -0.15) is 0 Å². The summed E-state index contributed by atoms with van der Waals surface area (Å²) in [6.07, 6.45) is 12.0. The number of hydrogen-bond donors (Lipinski definition) is 0. The molecule has 0 aromatic carbocycles. The first-order chi connectivity index (χ1) is 4.91. The van der Waals surface area contributed by atoms with Crippen LogP contribution in [0.25, 0.3) is 0 Å². The summed E-state index contributed by atoms with van der Waals surface area (Å²) in [5.41, 5.74) is 0. The summed E-state index contributed by atoms with van der Waals surface area (Å²) in [4.78, 5) is 0. The van der Waals surface area contributed by atoms with E-state index in [1.807, 2.05) is 81.4 Å². The van der Waals surface area contributed by atoms with E-state index in [1.165, 1.54) is 0 Å². The van der Waals surface area contributed by atoms with Gasteiger partial charge in [0.15, 0.2) is 0 Å². The van der Waals surface area contributed by atoms with Crippen molar-refractivity contribution in [3.05, 3.63) is 46.0 Å². The fourth-order valence-electron chi connectivity index (χ4n) is 0.479. The van der Waals surface area contributed by atoms with E-state index < -0.39 is 0 Å². The predicted molar refractivity (Wildman–Crippen MR) is 48.1 cm³/mol. The molecule has 0 aliphatic heterocycles. The third-order valence-corrected chi connectivity index (χ3v) is 0.940. The monoisotopic (exact) mass is 118 g/mol. The third-order valence-electron chi connectivity index (χ3n) is 0.940. The molecule has 0 unspecified atom stereocenters. The summed E-state index contributed by atoms with van der Waals surface area (Å²) in [6.45, 7) is 0. The molecule has 10 heavy (non-hydrogen) atoms. The van der Waals surface area contributed by atoms with Crippen molar-refractivity contribution in [1.29, 1.82) is 0 Å². The molecule has 0 aromatic heterocycles. The van der Waals surface area contributed by atoms with Crippen LogP contribution in [0, 0.1) is 0 Å². The molecule has 0 fully saturated rings. The van der Waals surface area contributed by atoms with Gasteiger partial charge in [0.2, 0.25) is 0 Å². The molecular formula is C8H8Li2. The summed E-state index contributed by atoms with van der Waals surface area (Å²) >= 11 is 4.00. The molecule has 0 aliphatic carbocycles. The molecule has 0 atom stereocenters. The Bertz CT molecular complexity index is 144. The molecular weight excluding hydrogens is 110 g/mol. The van der Waals surface area contributed by atoms with Crippen LogP contribution in [0.4, 0.5) is 0 Å². The molecule has 0 N–H and O–H groups in total. The van der Waals surface area contributed by atoms with Crippen LogP contribution in [-0.2, 0) is 0 Å². The van der Waals surface area contributed by atoms with Gasteiger partial charge in [0.05, 0.1) is 0 Å². The van der Waals surface area contributed by atoms with Crippen molar-refractivity contribution in [2.45, 2.75) is 0 Å². The van der Waals surface area contributed by atoms with Crippen molar-refractivity contribution >= 4 is 35.4 Å². The van der Waals surface area contributed by atoms with Crippen LogP contribution in [0.15, 0.2) is 46.0 Å². The van der Waals surface area contributed by atoms with Crippen molar-refractivity contribution in [2.24, 2.45) is 0 Å². The molecule has 0 nitrogen and oxygen atoms in total. The van der Waals surface area contributed by atoms with Gasteiger partial charge in [-0.1, -0.05) is 0 Å². The second-order valence-electron chi connectivity index (χ2n) is 1.82. The molecule has 0 bridgehead atoms. The number of hydrogen-bond acceptors (Lipinski definition) is 0. The summed E-state index contributed by atoms with van der Waals surface area (Å²) in [7, 11) is 0. The van der Waals surface area contributed by atoms with E-state index in [0.29, 0.717) is 0 Å². The quantitative estimate of drug-likeness (QED) is 0.388. The second kappa shape index (κ2) is 9.15. The Morgan fingerprint density at radius 3 is 1.10 bits per heavy atom. The Balaban J connectivity index is 3.51. The Labute approximate surface area is 81.2 Å². The van der Waals surface area contributed by atoms with Crippen LogP contribution in [0.1, 0.15) is 0 Å². The van der Waals surface area contributed by atoms with Crippen LogP contribution < -0.4 is 0 Å². The Hall–Kier alpha value is 0.155. The molecule has 0 amide bonds. The van der Waals surface area contributed by atoms with Gasteiger partial charge in [0.1, 0.15) is 0 Å². The van der Waals surface area contributed by atoms with Gasteiger partial charge in [0, 0.05) is 0 Å². The zero-order chi connectivity index (χ0) is 7.66. The minimum atomic E-state index is 2.00. The fraction of sp³-hybridized carbons (Fsp3) is 0. The molecule has 0 rings (SSSR count). The zero-order valence-electron chi connectivity index (χ0n) is 6.62. The SMILES string of the molecule is [Li][CH]=CC=CC=CC=[CH][Li].